The summed E-state index contributed by atoms with van der Waals surface area (Å²) in [6.45, 7) is 5.35. The van der Waals surface area contributed by atoms with Gasteiger partial charge in [-0.3, -0.25) is 4.90 Å². The molecule has 1 fully saturated rings. The Balaban J connectivity index is 2.08. The van der Waals surface area contributed by atoms with Crippen molar-refractivity contribution in [2.75, 3.05) is 26.3 Å². The summed E-state index contributed by atoms with van der Waals surface area (Å²) >= 11 is 6.17. The minimum absolute atomic E-state index is 0.366. The number of nitrogens with two attached hydrogens (primary N) is 1. The summed E-state index contributed by atoms with van der Waals surface area (Å²) in [4.78, 5) is 2.26. The molecule has 0 amide bonds. The average molecular weight is 255 g/mol. The first-order valence-corrected chi connectivity index (χ1v) is 6.32. The fourth-order valence-corrected chi connectivity index (χ4v) is 2.42. The summed E-state index contributed by atoms with van der Waals surface area (Å²) in [6, 6.07) is 7.88. The number of hydrogen-bond acceptors (Lipinski definition) is 3. The second-order valence-electron chi connectivity index (χ2n) is 4.72. The Morgan fingerprint density at radius 2 is 2.00 bits per heavy atom. The van der Waals surface area contributed by atoms with Crippen molar-refractivity contribution >= 4 is 11.6 Å². The summed E-state index contributed by atoms with van der Waals surface area (Å²) in [7, 11) is 0. The van der Waals surface area contributed by atoms with Gasteiger partial charge in [-0.15, -0.1) is 0 Å². The molecule has 17 heavy (non-hydrogen) atoms. The zero-order chi connectivity index (χ0) is 12.3. The number of benzene rings is 1. The molecule has 0 spiro atoms. The van der Waals surface area contributed by atoms with Crippen molar-refractivity contribution < 1.29 is 4.74 Å². The number of nitrogens with zero attached hydrogens (tertiary/aromatic N) is 1. The predicted molar refractivity (Wildman–Crippen MR) is 70.1 cm³/mol. The van der Waals surface area contributed by atoms with E-state index >= 15 is 0 Å². The lowest BCUT2D eigenvalue weighted by atomic mass is 10.00. The summed E-state index contributed by atoms with van der Waals surface area (Å²) < 4.78 is 5.35. The molecule has 0 radical (unpaired) electrons. The van der Waals surface area contributed by atoms with Crippen molar-refractivity contribution in [3.05, 3.63) is 34.9 Å². The monoisotopic (exact) mass is 254 g/mol. The fourth-order valence-electron chi connectivity index (χ4n) is 2.21. The van der Waals surface area contributed by atoms with E-state index in [0.29, 0.717) is 0 Å². The molecular formula is C13H19ClN2O. The van der Waals surface area contributed by atoms with Crippen LogP contribution in [0.1, 0.15) is 12.5 Å². The van der Waals surface area contributed by atoms with Gasteiger partial charge in [0.1, 0.15) is 0 Å². The predicted octanol–water partition coefficient (Wildman–Crippen LogP) is 1.89. The number of halogens is 1. The Kier molecular flexibility index (Phi) is 4.05. The van der Waals surface area contributed by atoms with E-state index in [-0.39, 0.29) is 5.66 Å². The number of ether oxygens (including phenoxy) is 1. The van der Waals surface area contributed by atoms with Gasteiger partial charge in [-0.05, 0) is 18.6 Å². The molecule has 1 aromatic carbocycles. The maximum absolute atomic E-state index is 6.40. The third-order valence-electron chi connectivity index (χ3n) is 3.24. The van der Waals surface area contributed by atoms with Crippen LogP contribution in [-0.4, -0.2) is 36.9 Å². The summed E-state index contributed by atoms with van der Waals surface area (Å²) in [6.07, 6.45) is 0.757. The van der Waals surface area contributed by atoms with E-state index in [1.165, 1.54) is 0 Å². The summed E-state index contributed by atoms with van der Waals surface area (Å²) in [5.74, 6) is 0. The lowest BCUT2D eigenvalue weighted by Crippen LogP contribution is -2.58. The van der Waals surface area contributed by atoms with E-state index in [2.05, 4.69) is 11.8 Å². The first-order chi connectivity index (χ1) is 8.09. The Bertz CT molecular complexity index is 375. The van der Waals surface area contributed by atoms with Gasteiger partial charge in [-0.2, -0.15) is 0 Å². The molecule has 1 unspecified atom stereocenters. The number of morpholine rings is 1. The topological polar surface area (TPSA) is 38.5 Å². The third-order valence-corrected chi connectivity index (χ3v) is 3.61. The van der Waals surface area contributed by atoms with Crippen LogP contribution < -0.4 is 5.73 Å². The molecule has 0 aromatic heterocycles. The van der Waals surface area contributed by atoms with Crippen LogP contribution in [0.2, 0.25) is 5.02 Å². The first kappa shape index (κ1) is 12.8. The molecule has 1 saturated heterocycles. The molecule has 1 aromatic rings. The van der Waals surface area contributed by atoms with Crippen LogP contribution >= 0.6 is 11.6 Å². The lowest BCUT2D eigenvalue weighted by Gasteiger charge is -2.40. The highest BCUT2D eigenvalue weighted by atomic mass is 35.5. The normalized spacial score (nSPS) is 21.1. The standard InChI is InChI=1S/C13H19ClN2O/c1-13(15,16-6-8-17-9-7-16)10-11-4-2-3-5-12(11)14/h2-5H,6-10,15H2,1H3. The van der Waals surface area contributed by atoms with Crippen LogP contribution in [0.15, 0.2) is 24.3 Å². The Labute approximate surface area is 107 Å². The van der Waals surface area contributed by atoms with Gasteiger partial charge in [0.15, 0.2) is 0 Å². The Hall–Kier alpha value is -0.610. The van der Waals surface area contributed by atoms with Crippen molar-refractivity contribution in [1.29, 1.82) is 0 Å². The van der Waals surface area contributed by atoms with Crippen LogP contribution in [0.5, 0.6) is 0 Å². The van der Waals surface area contributed by atoms with Gasteiger partial charge < -0.3 is 10.5 Å². The minimum atomic E-state index is -0.366. The summed E-state index contributed by atoms with van der Waals surface area (Å²) in [5, 5.41) is 0.789. The van der Waals surface area contributed by atoms with Crippen molar-refractivity contribution in [3.63, 3.8) is 0 Å². The maximum Gasteiger partial charge on any atom is 0.0701 e. The van der Waals surface area contributed by atoms with E-state index in [1.54, 1.807) is 0 Å². The second-order valence-corrected chi connectivity index (χ2v) is 5.13. The number of hydrogen-bond donors (Lipinski definition) is 1. The minimum Gasteiger partial charge on any atom is -0.379 e. The molecule has 4 heteroatoms. The largest absolute Gasteiger partial charge is 0.379 e. The smallest absolute Gasteiger partial charge is 0.0701 e. The molecule has 0 saturated carbocycles. The SMILES string of the molecule is CC(N)(Cc1ccccc1Cl)N1CCOCC1. The zero-order valence-corrected chi connectivity index (χ0v) is 10.9. The van der Waals surface area contributed by atoms with Crippen LogP contribution in [0.4, 0.5) is 0 Å². The number of rotatable bonds is 3. The molecule has 1 heterocycles. The first-order valence-electron chi connectivity index (χ1n) is 5.95. The molecule has 0 bridgehead atoms. The van der Waals surface area contributed by atoms with E-state index in [4.69, 9.17) is 22.1 Å². The highest BCUT2D eigenvalue weighted by Crippen LogP contribution is 2.22. The third kappa shape index (κ3) is 3.19. The highest BCUT2D eigenvalue weighted by Gasteiger charge is 2.29. The molecule has 1 atom stereocenters. The van der Waals surface area contributed by atoms with E-state index in [0.717, 1.165) is 43.3 Å². The van der Waals surface area contributed by atoms with Crippen molar-refractivity contribution in [2.24, 2.45) is 5.73 Å². The molecule has 94 valence electrons. The highest BCUT2D eigenvalue weighted by molar-refractivity contribution is 6.31. The van der Waals surface area contributed by atoms with Gasteiger partial charge in [0.25, 0.3) is 0 Å². The van der Waals surface area contributed by atoms with Gasteiger partial charge in [0.05, 0.1) is 18.9 Å². The van der Waals surface area contributed by atoms with Gasteiger partial charge >= 0.3 is 0 Å². The zero-order valence-electron chi connectivity index (χ0n) is 10.2. The molecular weight excluding hydrogens is 236 g/mol. The second kappa shape index (κ2) is 5.36. The van der Waals surface area contributed by atoms with Gasteiger partial charge in [0.2, 0.25) is 0 Å². The summed E-state index contributed by atoms with van der Waals surface area (Å²) in [5.41, 5.74) is 7.14. The quantitative estimate of drug-likeness (QED) is 0.895. The van der Waals surface area contributed by atoms with Crippen LogP contribution in [0.3, 0.4) is 0 Å². The molecule has 2 N–H and O–H groups in total. The van der Waals surface area contributed by atoms with Gasteiger partial charge in [-0.25, -0.2) is 0 Å². The van der Waals surface area contributed by atoms with Crippen LogP contribution in [0.25, 0.3) is 0 Å². The molecule has 3 nitrogen and oxygen atoms in total. The molecule has 1 aliphatic rings. The van der Waals surface area contributed by atoms with Crippen LogP contribution in [-0.2, 0) is 11.2 Å². The molecule has 0 aliphatic carbocycles. The van der Waals surface area contributed by atoms with Gasteiger partial charge in [0, 0.05) is 24.5 Å². The van der Waals surface area contributed by atoms with Crippen molar-refractivity contribution in [1.82, 2.24) is 4.90 Å². The van der Waals surface area contributed by atoms with E-state index in [1.807, 2.05) is 24.3 Å². The van der Waals surface area contributed by atoms with Crippen molar-refractivity contribution in [3.8, 4) is 0 Å². The Morgan fingerprint density at radius 1 is 1.35 bits per heavy atom. The van der Waals surface area contributed by atoms with Gasteiger partial charge in [-0.1, -0.05) is 29.8 Å². The van der Waals surface area contributed by atoms with E-state index < -0.39 is 0 Å². The molecule has 1 aliphatic heterocycles. The Morgan fingerprint density at radius 3 is 2.65 bits per heavy atom. The van der Waals surface area contributed by atoms with Crippen molar-refractivity contribution in [2.45, 2.75) is 19.0 Å². The average Bonchev–Trinajstić information content (AvgIpc) is 2.33. The van der Waals surface area contributed by atoms with E-state index in [9.17, 15) is 0 Å². The molecule has 2 rings (SSSR count). The fraction of sp³-hybridized carbons (Fsp3) is 0.538. The van der Waals surface area contributed by atoms with Crippen LogP contribution in [0, 0.1) is 0 Å². The maximum atomic E-state index is 6.40. The lowest BCUT2D eigenvalue weighted by molar-refractivity contribution is -0.0142.